The van der Waals surface area contributed by atoms with Gasteiger partial charge in [-0.1, -0.05) is 6.07 Å². The molecule has 2 aromatic rings. The van der Waals surface area contributed by atoms with Gasteiger partial charge in [0.05, 0.1) is 0 Å². The third-order valence-electron chi connectivity index (χ3n) is 3.67. The van der Waals surface area contributed by atoms with Gasteiger partial charge in [-0.2, -0.15) is 0 Å². The smallest absolute Gasteiger partial charge is 0.261 e. The van der Waals surface area contributed by atoms with Crippen LogP contribution in [0.15, 0.2) is 35.4 Å². The number of rotatable bonds is 4. The van der Waals surface area contributed by atoms with E-state index in [1.807, 2.05) is 24.3 Å². The predicted octanol–water partition coefficient (Wildman–Crippen LogP) is 0.632. The molecule has 1 aromatic heterocycles. The van der Waals surface area contributed by atoms with Gasteiger partial charge < -0.3 is 19.8 Å². The van der Waals surface area contributed by atoms with Crippen LogP contribution in [0.5, 0.6) is 5.88 Å². The highest BCUT2D eigenvalue weighted by Gasteiger charge is 2.20. The van der Waals surface area contributed by atoms with Gasteiger partial charge in [-0.05, 0) is 37.2 Å². The minimum atomic E-state index is -2.75. The molecular formula is C15H18BN3O3S. The molecule has 0 aliphatic carbocycles. The summed E-state index contributed by atoms with van der Waals surface area (Å²) in [5, 5.41) is 20.1. The number of ether oxygens (including phenoxy) is 1. The summed E-state index contributed by atoms with van der Waals surface area (Å²) in [7, 11) is 7.21. The van der Waals surface area contributed by atoms with E-state index in [1.54, 1.807) is 18.1 Å². The van der Waals surface area contributed by atoms with Gasteiger partial charge in [0.2, 0.25) is 13.7 Å². The molecular weight excluding hydrogens is 313 g/mol. The molecule has 2 heterocycles. The average molecular weight is 331 g/mol. The minimum absolute atomic E-state index is 0.0934. The molecule has 1 saturated heterocycles. The molecule has 23 heavy (non-hydrogen) atoms. The van der Waals surface area contributed by atoms with Crippen LogP contribution in [-0.4, -0.2) is 71.3 Å². The number of aliphatic hydroxyl groups is 2. The maximum atomic E-state index is 9.24. The molecule has 1 aliphatic heterocycles. The first-order valence-corrected chi connectivity index (χ1v) is 8.11. The van der Waals surface area contributed by atoms with Crippen molar-refractivity contribution in [2.24, 2.45) is 0 Å². The predicted molar refractivity (Wildman–Crippen MR) is 90.2 cm³/mol. The van der Waals surface area contributed by atoms with Gasteiger partial charge in [0.15, 0.2) is 0 Å². The van der Waals surface area contributed by atoms with E-state index in [9.17, 15) is 10.2 Å². The normalized spacial score (nSPS) is 17.5. The highest BCUT2D eigenvalue weighted by molar-refractivity contribution is 7.97. The summed E-state index contributed by atoms with van der Waals surface area (Å²) >= 11 is 1.69. The minimum Gasteiger partial charge on any atom is -0.431 e. The van der Waals surface area contributed by atoms with Crippen molar-refractivity contribution in [3.63, 3.8) is 0 Å². The van der Waals surface area contributed by atoms with E-state index in [4.69, 9.17) is 12.6 Å². The first kappa shape index (κ1) is 16.5. The maximum Gasteiger partial charge on any atom is 0.261 e. The fourth-order valence-electron chi connectivity index (χ4n) is 2.47. The van der Waals surface area contributed by atoms with Crippen molar-refractivity contribution in [2.45, 2.75) is 10.8 Å². The van der Waals surface area contributed by atoms with Crippen LogP contribution in [0.1, 0.15) is 0 Å². The summed E-state index contributed by atoms with van der Waals surface area (Å²) in [6.07, 6.45) is 1.57. The third kappa shape index (κ3) is 4.16. The van der Waals surface area contributed by atoms with Crippen LogP contribution in [0.4, 0.5) is 0 Å². The Bertz CT molecular complexity index is 687. The van der Waals surface area contributed by atoms with Crippen LogP contribution in [0.25, 0.3) is 10.8 Å². The second-order valence-electron chi connectivity index (χ2n) is 5.55. The molecule has 0 atom stereocenters. The van der Waals surface area contributed by atoms with E-state index in [0.717, 1.165) is 36.5 Å². The zero-order chi connectivity index (χ0) is 16.4. The summed E-state index contributed by atoms with van der Waals surface area (Å²) in [5.74, 6) is -2.65. The molecule has 8 heteroatoms. The highest BCUT2D eigenvalue weighted by Crippen LogP contribution is 2.34. The summed E-state index contributed by atoms with van der Waals surface area (Å²) in [4.78, 5) is 7.41. The number of pyridine rings is 1. The Balaban J connectivity index is 1.88. The molecule has 0 bridgehead atoms. The van der Waals surface area contributed by atoms with E-state index < -0.39 is 5.87 Å². The van der Waals surface area contributed by atoms with Crippen molar-refractivity contribution in [3.8, 4) is 5.88 Å². The number of likely N-dealkylation sites (N-methyl/N-ethyl adjacent to an activating group) is 1. The molecule has 6 nitrogen and oxygen atoms in total. The SMILES string of the molecule is [B]C(O)(O)Oc1nccc2c(SN3CCN(C)CC3)cccc12. The van der Waals surface area contributed by atoms with Gasteiger partial charge in [-0.15, -0.1) is 0 Å². The largest absolute Gasteiger partial charge is 0.431 e. The molecule has 3 rings (SSSR count). The van der Waals surface area contributed by atoms with Crippen LogP contribution in [0.3, 0.4) is 0 Å². The van der Waals surface area contributed by atoms with Crippen molar-refractivity contribution in [3.05, 3.63) is 30.5 Å². The molecule has 2 N–H and O–H groups in total. The van der Waals surface area contributed by atoms with E-state index in [-0.39, 0.29) is 5.88 Å². The summed E-state index contributed by atoms with van der Waals surface area (Å²) < 4.78 is 7.24. The lowest BCUT2D eigenvalue weighted by molar-refractivity contribution is -0.224. The first-order valence-electron chi connectivity index (χ1n) is 7.34. The maximum absolute atomic E-state index is 9.24. The summed E-state index contributed by atoms with van der Waals surface area (Å²) in [6, 6.07) is 7.62. The zero-order valence-electron chi connectivity index (χ0n) is 12.8. The van der Waals surface area contributed by atoms with Crippen molar-refractivity contribution < 1.29 is 14.9 Å². The van der Waals surface area contributed by atoms with E-state index >= 15 is 0 Å². The Labute approximate surface area is 140 Å². The summed E-state index contributed by atoms with van der Waals surface area (Å²) in [5.41, 5.74) is 0. The van der Waals surface area contributed by atoms with Gasteiger partial charge in [-0.3, -0.25) is 0 Å². The van der Waals surface area contributed by atoms with Gasteiger partial charge >= 0.3 is 0 Å². The lowest BCUT2D eigenvalue weighted by Gasteiger charge is -2.31. The van der Waals surface area contributed by atoms with E-state index in [1.165, 1.54) is 0 Å². The topological polar surface area (TPSA) is 69.1 Å². The number of benzene rings is 1. The number of fused-ring (bicyclic) bond motifs is 1. The highest BCUT2D eigenvalue weighted by atomic mass is 32.2. The number of piperazine rings is 1. The van der Waals surface area contributed by atoms with Gasteiger partial charge in [0, 0.05) is 48.0 Å². The number of aromatic nitrogens is 1. The molecule has 0 amide bonds. The fourth-order valence-corrected chi connectivity index (χ4v) is 3.51. The van der Waals surface area contributed by atoms with Crippen molar-refractivity contribution in [2.75, 3.05) is 33.2 Å². The molecule has 120 valence electrons. The average Bonchev–Trinajstić information content (AvgIpc) is 2.49. The second-order valence-corrected chi connectivity index (χ2v) is 6.69. The fraction of sp³-hybridized carbons (Fsp3) is 0.400. The van der Waals surface area contributed by atoms with Crippen LogP contribution in [-0.2, 0) is 0 Å². The van der Waals surface area contributed by atoms with Crippen LogP contribution in [0.2, 0.25) is 0 Å². The number of hydrogen-bond donors (Lipinski definition) is 2. The van der Waals surface area contributed by atoms with Crippen LogP contribution in [0, 0.1) is 0 Å². The molecule has 1 fully saturated rings. The summed E-state index contributed by atoms with van der Waals surface area (Å²) in [6.45, 7) is 4.06. The quantitative estimate of drug-likeness (QED) is 0.484. The van der Waals surface area contributed by atoms with Crippen molar-refractivity contribution in [1.29, 1.82) is 0 Å². The first-order chi connectivity index (χ1) is 10.9. The molecule has 0 unspecified atom stereocenters. The second kappa shape index (κ2) is 6.66. The Morgan fingerprint density at radius 1 is 1.17 bits per heavy atom. The Kier molecular flexibility index (Phi) is 4.79. The molecule has 0 saturated carbocycles. The molecule has 2 radical (unpaired) electrons. The third-order valence-corrected chi connectivity index (χ3v) is 4.84. The van der Waals surface area contributed by atoms with E-state index in [2.05, 4.69) is 21.2 Å². The van der Waals surface area contributed by atoms with Crippen molar-refractivity contribution in [1.82, 2.24) is 14.2 Å². The Hall–Kier alpha value is -1.32. The lowest BCUT2D eigenvalue weighted by atomic mass is 10.1. The van der Waals surface area contributed by atoms with Crippen LogP contribution < -0.4 is 4.74 Å². The molecule has 1 aromatic carbocycles. The number of hydrogen-bond acceptors (Lipinski definition) is 7. The van der Waals surface area contributed by atoms with Gasteiger partial charge in [0.1, 0.15) is 0 Å². The van der Waals surface area contributed by atoms with Gasteiger partial charge in [-0.25, -0.2) is 9.29 Å². The number of nitrogens with zero attached hydrogens (tertiary/aromatic N) is 3. The van der Waals surface area contributed by atoms with Crippen molar-refractivity contribution >= 4 is 30.6 Å². The van der Waals surface area contributed by atoms with Crippen LogP contribution >= 0.6 is 11.9 Å². The Morgan fingerprint density at radius 2 is 1.91 bits per heavy atom. The molecule has 0 spiro atoms. The Morgan fingerprint density at radius 3 is 2.61 bits per heavy atom. The molecule has 1 aliphatic rings. The monoisotopic (exact) mass is 331 g/mol. The lowest BCUT2D eigenvalue weighted by Crippen LogP contribution is -2.40. The van der Waals surface area contributed by atoms with E-state index in [0.29, 0.717) is 5.39 Å². The van der Waals surface area contributed by atoms with Gasteiger partial charge in [0.25, 0.3) is 5.87 Å². The zero-order valence-corrected chi connectivity index (χ0v) is 13.7. The standard InChI is InChI=1S/C15H18BN3O3S/c1-18-7-9-19(10-8-18)23-13-4-2-3-12-11(13)5-6-17-14(12)22-15(16,20)21/h2-6,20-21H,7-10H2,1H3.